The second-order valence-corrected chi connectivity index (χ2v) is 5.94. The molecule has 0 bridgehead atoms. The standard InChI is InChI=1S/C14H13BrN2OS/c1-10(11-4-6-12(15)7-5-11)16-17-14(18)9-13-3-2-8-19-13/h2-8H,9H2,1H3,(H,17,18)/b16-10+. The molecule has 0 radical (unpaired) electrons. The van der Waals surface area contributed by atoms with Crippen molar-refractivity contribution in [3.63, 3.8) is 0 Å². The van der Waals surface area contributed by atoms with Gasteiger partial charge in [0.25, 0.3) is 0 Å². The number of nitrogens with one attached hydrogen (secondary N) is 1. The topological polar surface area (TPSA) is 41.5 Å². The third-order valence-electron chi connectivity index (χ3n) is 2.53. The number of hydrogen-bond acceptors (Lipinski definition) is 3. The molecule has 1 aromatic heterocycles. The number of amides is 1. The number of rotatable bonds is 4. The maximum Gasteiger partial charge on any atom is 0.245 e. The summed E-state index contributed by atoms with van der Waals surface area (Å²) in [5.74, 6) is -0.0982. The third-order valence-corrected chi connectivity index (χ3v) is 3.93. The Bertz CT molecular complexity index is 576. The second kappa shape index (κ2) is 6.63. The highest BCUT2D eigenvalue weighted by molar-refractivity contribution is 9.10. The summed E-state index contributed by atoms with van der Waals surface area (Å²) in [6.45, 7) is 1.87. The fourth-order valence-electron chi connectivity index (χ4n) is 1.51. The van der Waals surface area contributed by atoms with Crippen LogP contribution in [0, 0.1) is 0 Å². The molecule has 0 aliphatic heterocycles. The van der Waals surface area contributed by atoms with Gasteiger partial charge in [-0.2, -0.15) is 5.10 Å². The molecule has 1 N–H and O–H groups in total. The summed E-state index contributed by atoms with van der Waals surface area (Å²) in [4.78, 5) is 12.7. The summed E-state index contributed by atoms with van der Waals surface area (Å²) in [5, 5.41) is 6.07. The van der Waals surface area contributed by atoms with Crippen molar-refractivity contribution in [2.24, 2.45) is 5.10 Å². The van der Waals surface area contributed by atoms with Gasteiger partial charge in [-0.1, -0.05) is 34.1 Å². The molecule has 5 heteroatoms. The van der Waals surface area contributed by atoms with Gasteiger partial charge >= 0.3 is 0 Å². The maximum absolute atomic E-state index is 11.7. The Morgan fingerprint density at radius 3 is 2.68 bits per heavy atom. The molecule has 0 saturated carbocycles. The summed E-state index contributed by atoms with van der Waals surface area (Å²) < 4.78 is 1.02. The Balaban J connectivity index is 1.94. The smallest absolute Gasteiger partial charge is 0.245 e. The lowest BCUT2D eigenvalue weighted by atomic mass is 10.1. The lowest BCUT2D eigenvalue weighted by molar-refractivity contribution is -0.120. The summed E-state index contributed by atoms with van der Waals surface area (Å²) >= 11 is 4.95. The zero-order chi connectivity index (χ0) is 13.7. The van der Waals surface area contributed by atoms with Crippen molar-refractivity contribution in [3.8, 4) is 0 Å². The van der Waals surface area contributed by atoms with Gasteiger partial charge in [0.15, 0.2) is 0 Å². The van der Waals surface area contributed by atoms with E-state index in [0.29, 0.717) is 6.42 Å². The molecule has 0 aliphatic carbocycles. The van der Waals surface area contributed by atoms with Crippen molar-refractivity contribution in [3.05, 3.63) is 56.7 Å². The molecule has 19 heavy (non-hydrogen) atoms. The SMILES string of the molecule is C/C(=N\NC(=O)Cc1cccs1)c1ccc(Br)cc1. The van der Waals surface area contributed by atoms with Crippen LogP contribution in [0.1, 0.15) is 17.4 Å². The fourth-order valence-corrected chi connectivity index (χ4v) is 2.48. The Kier molecular flexibility index (Phi) is 4.87. The average Bonchev–Trinajstić information content (AvgIpc) is 2.89. The van der Waals surface area contributed by atoms with Crippen LogP contribution in [-0.4, -0.2) is 11.6 Å². The van der Waals surface area contributed by atoms with Crippen LogP contribution in [0.15, 0.2) is 51.4 Å². The molecule has 1 heterocycles. The van der Waals surface area contributed by atoms with Gasteiger partial charge in [-0.05, 0) is 36.1 Å². The predicted molar refractivity (Wildman–Crippen MR) is 82.5 cm³/mol. The van der Waals surface area contributed by atoms with Crippen molar-refractivity contribution in [2.75, 3.05) is 0 Å². The van der Waals surface area contributed by atoms with E-state index in [9.17, 15) is 4.79 Å². The maximum atomic E-state index is 11.7. The summed E-state index contributed by atoms with van der Waals surface area (Å²) in [7, 11) is 0. The molecule has 0 aliphatic rings. The van der Waals surface area contributed by atoms with E-state index in [2.05, 4.69) is 26.5 Å². The highest BCUT2D eigenvalue weighted by atomic mass is 79.9. The molecule has 2 rings (SSSR count). The quantitative estimate of drug-likeness (QED) is 0.672. The van der Waals surface area contributed by atoms with Gasteiger partial charge in [-0.25, -0.2) is 5.43 Å². The average molecular weight is 337 g/mol. The molecular weight excluding hydrogens is 324 g/mol. The van der Waals surface area contributed by atoms with E-state index in [0.717, 1.165) is 20.6 Å². The first kappa shape index (κ1) is 14.0. The van der Waals surface area contributed by atoms with Crippen LogP contribution in [-0.2, 0) is 11.2 Å². The molecule has 0 saturated heterocycles. The Labute approximate surface area is 124 Å². The first-order chi connectivity index (χ1) is 9.15. The van der Waals surface area contributed by atoms with E-state index >= 15 is 0 Å². The van der Waals surface area contributed by atoms with Gasteiger partial charge in [0, 0.05) is 9.35 Å². The Hall–Kier alpha value is -1.46. The van der Waals surface area contributed by atoms with Crippen LogP contribution in [0.4, 0.5) is 0 Å². The molecule has 0 spiro atoms. The second-order valence-electron chi connectivity index (χ2n) is 4.00. The van der Waals surface area contributed by atoms with E-state index in [-0.39, 0.29) is 5.91 Å². The molecular formula is C14H13BrN2OS. The van der Waals surface area contributed by atoms with E-state index in [1.165, 1.54) is 0 Å². The number of carbonyl (C=O) groups excluding carboxylic acids is 1. The highest BCUT2D eigenvalue weighted by Gasteiger charge is 2.03. The largest absolute Gasteiger partial charge is 0.273 e. The van der Waals surface area contributed by atoms with E-state index in [1.54, 1.807) is 11.3 Å². The lowest BCUT2D eigenvalue weighted by Crippen LogP contribution is -2.20. The minimum atomic E-state index is -0.0982. The third kappa shape index (κ3) is 4.29. The van der Waals surface area contributed by atoms with Crippen molar-refractivity contribution in [1.82, 2.24) is 5.43 Å². The summed E-state index contributed by atoms with van der Waals surface area (Å²) in [5.41, 5.74) is 4.35. The number of hydrogen-bond donors (Lipinski definition) is 1. The van der Waals surface area contributed by atoms with E-state index in [1.807, 2.05) is 48.7 Å². The van der Waals surface area contributed by atoms with Crippen LogP contribution in [0.3, 0.4) is 0 Å². The summed E-state index contributed by atoms with van der Waals surface area (Å²) in [6, 6.07) is 11.7. The van der Waals surface area contributed by atoms with Crippen molar-refractivity contribution in [1.29, 1.82) is 0 Å². The van der Waals surface area contributed by atoms with Gasteiger partial charge in [0.1, 0.15) is 0 Å². The number of halogens is 1. The molecule has 98 valence electrons. The zero-order valence-corrected chi connectivity index (χ0v) is 12.8. The molecule has 1 amide bonds. The van der Waals surface area contributed by atoms with Crippen LogP contribution in [0.5, 0.6) is 0 Å². The van der Waals surface area contributed by atoms with Gasteiger partial charge in [-0.3, -0.25) is 4.79 Å². The van der Waals surface area contributed by atoms with E-state index in [4.69, 9.17) is 0 Å². The fraction of sp³-hybridized carbons (Fsp3) is 0.143. The zero-order valence-electron chi connectivity index (χ0n) is 10.4. The number of benzene rings is 1. The van der Waals surface area contributed by atoms with Crippen LogP contribution in [0.2, 0.25) is 0 Å². The number of thiophene rings is 1. The molecule has 2 aromatic rings. The molecule has 0 fully saturated rings. The highest BCUT2D eigenvalue weighted by Crippen LogP contribution is 2.11. The number of nitrogens with zero attached hydrogens (tertiary/aromatic N) is 1. The number of hydrazone groups is 1. The van der Waals surface area contributed by atoms with Gasteiger partial charge in [-0.15, -0.1) is 11.3 Å². The van der Waals surface area contributed by atoms with Crippen LogP contribution >= 0.6 is 27.3 Å². The predicted octanol–water partition coefficient (Wildman–Crippen LogP) is 3.59. The molecule has 0 unspecified atom stereocenters. The molecule has 3 nitrogen and oxygen atoms in total. The number of carbonyl (C=O) groups is 1. The minimum Gasteiger partial charge on any atom is -0.273 e. The van der Waals surface area contributed by atoms with Gasteiger partial charge in [0.05, 0.1) is 12.1 Å². The molecule has 0 atom stereocenters. The summed E-state index contributed by atoms with van der Waals surface area (Å²) in [6.07, 6.45) is 0.370. The van der Waals surface area contributed by atoms with Crippen LogP contribution in [0.25, 0.3) is 0 Å². The molecule has 1 aromatic carbocycles. The normalized spacial score (nSPS) is 11.4. The Morgan fingerprint density at radius 1 is 1.32 bits per heavy atom. The minimum absolute atomic E-state index is 0.0982. The lowest BCUT2D eigenvalue weighted by Gasteiger charge is -2.02. The van der Waals surface area contributed by atoms with E-state index < -0.39 is 0 Å². The first-order valence-electron chi connectivity index (χ1n) is 5.76. The van der Waals surface area contributed by atoms with Crippen LogP contribution < -0.4 is 5.43 Å². The monoisotopic (exact) mass is 336 g/mol. The Morgan fingerprint density at radius 2 is 2.05 bits per heavy atom. The van der Waals surface area contributed by atoms with Crippen molar-refractivity contribution >= 4 is 38.9 Å². The first-order valence-corrected chi connectivity index (χ1v) is 7.44. The van der Waals surface area contributed by atoms with Gasteiger partial charge in [0.2, 0.25) is 5.91 Å². The van der Waals surface area contributed by atoms with Gasteiger partial charge < -0.3 is 0 Å². The van der Waals surface area contributed by atoms with Crippen molar-refractivity contribution in [2.45, 2.75) is 13.3 Å². The van der Waals surface area contributed by atoms with Crippen molar-refractivity contribution < 1.29 is 4.79 Å².